The van der Waals surface area contributed by atoms with Gasteiger partial charge in [0.15, 0.2) is 0 Å². The zero-order chi connectivity index (χ0) is 24.8. The Labute approximate surface area is 197 Å². The Morgan fingerprint density at radius 1 is 1.06 bits per heavy atom. The molecule has 2 aromatic carbocycles. The lowest BCUT2D eigenvalue weighted by Crippen LogP contribution is -2.47. The first-order valence-corrected chi connectivity index (χ1v) is 10.8. The van der Waals surface area contributed by atoms with E-state index in [0.29, 0.717) is 5.56 Å². The van der Waals surface area contributed by atoms with Crippen LogP contribution in [0.3, 0.4) is 0 Å². The molecule has 1 atom stereocenters. The number of benzene rings is 2. The summed E-state index contributed by atoms with van der Waals surface area (Å²) in [6.07, 6.45) is 1.55. The minimum Gasteiger partial charge on any atom is -0.462 e. The van der Waals surface area contributed by atoms with Crippen LogP contribution in [0.1, 0.15) is 53.5 Å². The molecule has 1 aliphatic rings. The molecule has 2 aromatic rings. The third-order valence-corrected chi connectivity index (χ3v) is 5.11. The molecule has 0 saturated carbocycles. The van der Waals surface area contributed by atoms with Crippen molar-refractivity contribution in [2.75, 3.05) is 6.61 Å². The summed E-state index contributed by atoms with van der Waals surface area (Å²) in [5, 5.41) is 9.23. The minimum atomic E-state index is -1.11. The molecule has 8 heteroatoms. The van der Waals surface area contributed by atoms with Gasteiger partial charge in [-0.2, -0.15) is 5.26 Å². The largest absolute Gasteiger partial charge is 0.462 e. The van der Waals surface area contributed by atoms with E-state index in [1.54, 1.807) is 49.4 Å². The highest BCUT2D eigenvalue weighted by Crippen LogP contribution is 2.28. The van der Waals surface area contributed by atoms with Crippen molar-refractivity contribution >= 4 is 29.8 Å². The highest BCUT2D eigenvalue weighted by atomic mass is 16.5. The van der Waals surface area contributed by atoms with Gasteiger partial charge in [-0.3, -0.25) is 14.5 Å². The van der Waals surface area contributed by atoms with Gasteiger partial charge in [-0.25, -0.2) is 9.59 Å². The van der Waals surface area contributed by atoms with E-state index in [1.807, 2.05) is 13.8 Å². The fraction of sp³-hybridized carbons (Fsp3) is 0.269. The predicted molar refractivity (Wildman–Crippen MR) is 122 cm³/mol. The number of ether oxygens (including phenoxy) is 2. The van der Waals surface area contributed by atoms with Crippen molar-refractivity contribution in [3.05, 3.63) is 70.8 Å². The Morgan fingerprint density at radius 3 is 2.26 bits per heavy atom. The van der Waals surface area contributed by atoms with Crippen LogP contribution in [-0.4, -0.2) is 41.3 Å². The van der Waals surface area contributed by atoms with Crippen molar-refractivity contribution < 1.29 is 28.7 Å². The van der Waals surface area contributed by atoms with Gasteiger partial charge in [0.1, 0.15) is 23.4 Å². The van der Waals surface area contributed by atoms with Crippen molar-refractivity contribution in [1.82, 2.24) is 4.90 Å². The van der Waals surface area contributed by atoms with Crippen molar-refractivity contribution in [2.45, 2.75) is 33.2 Å². The van der Waals surface area contributed by atoms with Gasteiger partial charge in [0.25, 0.3) is 11.8 Å². The molecule has 174 valence electrons. The molecule has 0 spiro atoms. The fourth-order valence-electron chi connectivity index (χ4n) is 3.61. The molecule has 1 unspecified atom stereocenters. The van der Waals surface area contributed by atoms with E-state index in [4.69, 9.17) is 9.47 Å². The summed E-state index contributed by atoms with van der Waals surface area (Å²) >= 11 is 0. The molecule has 0 radical (unpaired) electrons. The molecule has 0 fully saturated rings. The lowest BCUT2D eigenvalue weighted by molar-refractivity contribution is -0.139. The molecule has 1 aliphatic heterocycles. The van der Waals surface area contributed by atoms with Crippen LogP contribution in [0.4, 0.5) is 0 Å². The Balaban J connectivity index is 1.86. The zero-order valence-corrected chi connectivity index (χ0v) is 19.1. The SMILES string of the molecule is CCOC(=O)/C(C#N)=C/c1cccc(OC(=O)C(CC(C)C)N2C(=O)c3ccccc3C2=O)c1. The molecule has 0 N–H and O–H groups in total. The van der Waals surface area contributed by atoms with Gasteiger partial charge in [-0.05, 0) is 55.2 Å². The summed E-state index contributed by atoms with van der Waals surface area (Å²) in [4.78, 5) is 51.8. The summed E-state index contributed by atoms with van der Waals surface area (Å²) in [5.41, 5.74) is 0.749. The van der Waals surface area contributed by atoms with E-state index in [2.05, 4.69) is 0 Å². The highest BCUT2D eigenvalue weighted by molar-refractivity contribution is 6.22. The van der Waals surface area contributed by atoms with Gasteiger partial charge in [-0.1, -0.05) is 38.1 Å². The summed E-state index contributed by atoms with van der Waals surface area (Å²) in [6.45, 7) is 5.52. The first-order chi connectivity index (χ1) is 16.3. The van der Waals surface area contributed by atoms with Crippen LogP contribution in [0, 0.1) is 17.2 Å². The van der Waals surface area contributed by atoms with E-state index in [0.717, 1.165) is 4.90 Å². The van der Waals surface area contributed by atoms with E-state index < -0.39 is 29.8 Å². The maximum absolute atomic E-state index is 13.2. The van der Waals surface area contributed by atoms with Crippen LogP contribution in [0.5, 0.6) is 5.75 Å². The molecule has 0 saturated heterocycles. The average Bonchev–Trinajstić information content (AvgIpc) is 3.06. The molecule has 0 bridgehead atoms. The minimum absolute atomic E-state index is 0.00102. The number of imide groups is 1. The first kappa shape index (κ1) is 24.4. The highest BCUT2D eigenvalue weighted by Gasteiger charge is 2.43. The monoisotopic (exact) mass is 460 g/mol. The third-order valence-electron chi connectivity index (χ3n) is 5.11. The second-order valence-electron chi connectivity index (χ2n) is 8.06. The number of fused-ring (bicyclic) bond motifs is 1. The maximum Gasteiger partial charge on any atom is 0.348 e. The standard InChI is InChI=1S/C26H24N2O6/c1-4-33-25(31)18(15-27)13-17-8-7-9-19(14-17)34-26(32)22(12-16(2)3)28-23(29)20-10-5-6-11-21(20)24(28)30/h5-11,13-14,16,22H,4,12H2,1-3H3/b18-13+. The molecule has 3 rings (SSSR count). The molecule has 0 aromatic heterocycles. The van der Waals surface area contributed by atoms with E-state index >= 15 is 0 Å². The number of carbonyl (C=O) groups is 4. The number of nitrogens with zero attached hydrogens (tertiary/aromatic N) is 2. The Bertz CT molecular complexity index is 1170. The summed E-state index contributed by atoms with van der Waals surface area (Å²) < 4.78 is 10.4. The number of rotatable bonds is 8. The van der Waals surface area contributed by atoms with E-state index in [-0.39, 0.29) is 41.4 Å². The summed E-state index contributed by atoms with van der Waals surface area (Å²) in [7, 11) is 0. The lowest BCUT2D eigenvalue weighted by atomic mass is 10.0. The molecule has 8 nitrogen and oxygen atoms in total. The molecule has 2 amide bonds. The number of nitriles is 1. The Hall–Kier alpha value is -4.25. The summed E-state index contributed by atoms with van der Waals surface area (Å²) in [6, 6.07) is 13.3. The molecular weight excluding hydrogens is 436 g/mol. The van der Waals surface area contributed by atoms with Gasteiger partial charge in [0, 0.05) is 0 Å². The Morgan fingerprint density at radius 2 is 1.71 bits per heavy atom. The number of carbonyl (C=O) groups excluding carboxylic acids is 4. The van der Waals surface area contributed by atoms with E-state index in [9.17, 15) is 24.4 Å². The smallest absolute Gasteiger partial charge is 0.348 e. The van der Waals surface area contributed by atoms with Crippen molar-refractivity contribution in [3.63, 3.8) is 0 Å². The quantitative estimate of drug-likeness (QED) is 0.194. The Kier molecular flexibility index (Phi) is 7.59. The average molecular weight is 460 g/mol. The normalized spacial score (nSPS) is 14.0. The van der Waals surface area contributed by atoms with Crippen molar-refractivity contribution in [2.24, 2.45) is 5.92 Å². The third kappa shape index (κ3) is 5.21. The number of amides is 2. The van der Waals surface area contributed by atoms with Crippen LogP contribution in [0.25, 0.3) is 6.08 Å². The second-order valence-corrected chi connectivity index (χ2v) is 8.06. The van der Waals surface area contributed by atoms with Crippen LogP contribution in [0.15, 0.2) is 54.1 Å². The van der Waals surface area contributed by atoms with Crippen molar-refractivity contribution in [1.29, 1.82) is 5.26 Å². The van der Waals surface area contributed by atoms with Crippen LogP contribution >= 0.6 is 0 Å². The first-order valence-electron chi connectivity index (χ1n) is 10.8. The molecule has 1 heterocycles. The van der Waals surface area contributed by atoms with Crippen molar-refractivity contribution in [3.8, 4) is 11.8 Å². The van der Waals surface area contributed by atoms with Gasteiger partial charge in [0.05, 0.1) is 17.7 Å². The van der Waals surface area contributed by atoms with Gasteiger partial charge >= 0.3 is 11.9 Å². The number of hydrogen-bond donors (Lipinski definition) is 0. The number of esters is 2. The molecular formula is C26H24N2O6. The van der Waals surface area contributed by atoms with Crippen LogP contribution in [0.2, 0.25) is 0 Å². The molecule has 34 heavy (non-hydrogen) atoms. The van der Waals surface area contributed by atoms with Gasteiger partial charge in [-0.15, -0.1) is 0 Å². The lowest BCUT2D eigenvalue weighted by Gasteiger charge is -2.26. The fourth-order valence-corrected chi connectivity index (χ4v) is 3.61. The van der Waals surface area contributed by atoms with Crippen LogP contribution in [-0.2, 0) is 14.3 Å². The summed E-state index contributed by atoms with van der Waals surface area (Å²) in [5.74, 6) is -2.43. The van der Waals surface area contributed by atoms with Crippen LogP contribution < -0.4 is 4.74 Å². The van der Waals surface area contributed by atoms with Gasteiger partial charge in [0.2, 0.25) is 0 Å². The topological polar surface area (TPSA) is 114 Å². The predicted octanol–water partition coefficient (Wildman–Crippen LogP) is 3.77. The van der Waals surface area contributed by atoms with Gasteiger partial charge < -0.3 is 9.47 Å². The maximum atomic E-state index is 13.2. The van der Waals surface area contributed by atoms with E-state index in [1.165, 1.54) is 18.2 Å². The second kappa shape index (κ2) is 10.6. The molecule has 0 aliphatic carbocycles. The zero-order valence-electron chi connectivity index (χ0n) is 19.1. The number of hydrogen-bond acceptors (Lipinski definition) is 7.